The molecule has 0 aliphatic heterocycles. The Hall–Kier alpha value is -3.52. The molecule has 1 heterocycles. The number of ether oxygens (including phenoxy) is 2. The molecule has 0 saturated heterocycles. The molecule has 130 valence electrons. The van der Waals surface area contributed by atoms with E-state index in [0.29, 0.717) is 11.3 Å². The summed E-state index contributed by atoms with van der Waals surface area (Å²) in [5.74, 6) is 1.64. The molecule has 0 spiro atoms. The molecule has 0 radical (unpaired) electrons. The van der Waals surface area contributed by atoms with E-state index in [9.17, 15) is 5.26 Å². The fourth-order valence-electron chi connectivity index (χ4n) is 3.03. The number of nitriles is 1. The zero-order valence-corrected chi connectivity index (χ0v) is 14.9. The molecule has 0 fully saturated rings. The molecule has 0 bridgehead atoms. The van der Waals surface area contributed by atoms with Crippen LogP contribution in [0.3, 0.4) is 0 Å². The smallest absolute Gasteiger partial charge is 0.142 e. The minimum Gasteiger partial charge on any atom is -0.497 e. The quantitative estimate of drug-likeness (QED) is 0.766. The first-order chi connectivity index (χ1) is 12.6. The first-order valence-corrected chi connectivity index (χ1v) is 8.08. The zero-order chi connectivity index (χ0) is 18.7. The van der Waals surface area contributed by atoms with Gasteiger partial charge in [-0.05, 0) is 42.8 Å². The van der Waals surface area contributed by atoms with E-state index >= 15 is 0 Å². The molecule has 0 unspecified atom stereocenters. The molecule has 0 aliphatic rings. The van der Waals surface area contributed by atoms with Crippen LogP contribution in [-0.4, -0.2) is 19.2 Å². The Morgan fingerprint density at radius 3 is 2.31 bits per heavy atom. The van der Waals surface area contributed by atoms with Gasteiger partial charge in [0.15, 0.2) is 0 Å². The van der Waals surface area contributed by atoms with Gasteiger partial charge in [0.2, 0.25) is 0 Å². The van der Waals surface area contributed by atoms with Crippen molar-refractivity contribution in [3.05, 3.63) is 59.7 Å². The molecule has 2 aromatic carbocycles. The number of rotatable bonds is 4. The molecule has 0 aliphatic carbocycles. The van der Waals surface area contributed by atoms with E-state index in [1.165, 1.54) is 0 Å². The molecule has 5 nitrogen and oxygen atoms in total. The Kier molecular flexibility index (Phi) is 4.76. The van der Waals surface area contributed by atoms with Gasteiger partial charge in [-0.25, -0.2) is 4.98 Å². The number of hydrogen-bond acceptors (Lipinski definition) is 5. The lowest BCUT2D eigenvalue weighted by molar-refractivity contribution is 0.415. The molecule has 5 heteroatoms. The summed E-state index contributed by atoms with van der Waals surface area (Å²) in [5, 5.41) is 9.65. The summed E-state index contributed by atoms with van der Waals surface area (Å²) >= 11 is 0. The predicted octanol–water partition coefficient (Wildman–Crippen LogP) is 4.20. The summed E-state index contributed by atoms with van der Waals surface area (Å²) in [6, 6.07) is 17.3. The molecule has 3 rings (SSSR count). The van der Waals surface area contributed by atoms with Crippen molar-refractivity contribution < 1.29 is 9.47 Å². The number of benzene rings is 2. The van der Waals surface area contributed by atoms with Crippen LogP contribution in [0.25, 0.3) is 22.4 Å². The highest BCUT2D eigenvalue weighted by Gasteiger charge is 2.20. The highest BCUT2D eigenvalue weighted by Crippen LogP contribution is 2.39. The lowest BCUT2D eigenvalue weighted by atomic mass is 9.92. The summed E-state index contributed by atoms with van der Waals surface area (Å²) in [6.07, 6.45) is 0. The lowest BCUT2D eigenvalue weighted by Gasteiger charge is -2.17. The molecule has 2 N–H and O–H groups in total. The molecular weight excluding hydrogens is 326 g/mol. The topological polar surface area (TPSA) is 81.2 Å². The standard InChI is InChI=1S/C21H19N3O2/c1-13-19(16-6-4-5-7-18(16)26-3)17(12-22)21(23)24-20(13)14-8-10-15(25-2)11-9-14/h4-11H,1-3H3,(H2,23,24). The normalized spacial score (nSPS) is 10.2. The summed E-state index contributed by atoms with van der Waals surface area (Å²) < 4.78 is 10.7. The SMILES string of the molecule is COc1ccc(-c2nc(N)c(C#N)c(-c3ccccc3OC)c2C)cc1. The van der Waals surface area contributed by atoms with Crippen molar-refractivity contribution in [1.29, 1.82) is 5.26 Å². The third-order valence-corrected chi connectivity index (χ3v) is 4.32. The highest BCUT2D eigenvalue weighted by molar-refractivity contribution is 5.86. The number of nitrogen functional groups attached to an aromatic ring is 1. The van der Waals surface area contributed by atoms with Crippen LogP contribution in [0.1, 0.15) is 11.1 Å². The van der Waals surface area contributed by atoms with E-state index < -0.39 is 0 Å². The second kappa shape index (κ2) is 7.16. The van der Waals surface area contributed by atoms with E-state index in [4.69, 9.17) is 15.2 Å². The highest BCUT2D eigenvalue weighted by atomic mass is 16.5. The van der Waals surface area contributed by atoms with E-state index in [2.05, 4.69) is 11.1 Å². The summed E-state index contributed by atoms with van der Waals surface area (Å²) in [4.78, 5) is 4.48. The van der Waals surface area contributed by atoms with Gasteiger partial charge >= 0.3 is 0 Å². The van der Waals surface area contributed by atoms with Gasteiger partial charge in [-0.15, -0.1) is 0 Å². The first kappa shape index (κ1) is 17.3. The van der Waals surface area contributed by atoms with Gasteiger partial charge in [-0.1, -0.05) is 18.2 Å². The summed E-state index contributed by atoms with van der Waals surface area (Å²) in [7, 11) is 3.23. The summed E-state index contributed by atoms with van der Waals surface area (Å²) in [6.45, 7) is 1.94. The zero-order valence-electron chi connectivity index (χ0n) is 14.9. The van der Waals surface area contributed by atoms with Crippen LogP contribution >= 0.6 is 0 Å². The summed E-state index contributed by atoms with van der Waals surface area (Å²) in [5.41, 5.74) is 10.5. The van der Waals surface area contributed by atoms with Crippen molar-refractivity contribution in [2.24, 2.45) is 0 Å². The van der Waals surface area contributed by atoms with Gasteiger partial charge < -0.3 is 15.2 Å². The molecule has 3 aromatic rings. The maximum atomic E-state index is 9.65. The van der Waals surface area contributed by atoms with E-state index in [-0.39, 0.29) is 5.82 Å². The first-order valence-electron chi connectivity index (χ1n) is 8.08. The minimum atomic E-state index is 0.199. The van der Waals surface area contributed by atoms with Crippen molar-refractivity contribution in [2.75, 3.05) is 20.0 Å². The largest absolute Gasteiger partial charge is 0.497 e. The van der Waals surface area contributed by atoms with Gasteiger partial charge in [-0.3, -0.25) is 0 Å². The Morgan fingerprint density at radius 2 is 1.69 bits per heavy atom. The molecule has 26 heavy (non-hydrogen) atoms. The fraction of sp³-hybridized carbons (Fsp3) is 0.143. The number of para-hydroxylation sites is 1. The van der Waals surface area contributed by atoms with E-state index in [0.717, 1.165) is 33.7 Å². The third-order valence-electron chi connectivity index (χ3n) is 4.32. The Bertz CT molecular complexity index is 989. The van der Waals surface area contributed by atoms with Gasteiger partial charge in [0.05, 0.1) is 19.9 Å². The van der Waals surface area contributed by atoms with E-state index in [1.54, 1.807) is 14.2 Å². The van der Waals surface area contributed by atoms with Crippen LogP contribution in [0.4, 0.5) is 5.82 Å². The maximum absolute atomic E-state index is 9.65. The lowest BCUT2D eigenvalue weighted by Crippen LogP contribution is -2.04. The maximum Gasteiger partial charge on any atom is 0.142 e. The Morgan fingerprint density at radius 1 is 1.00 bits per heavy atom. The van der Waals surface area contributed by atoms with E-state index in [1.807, 2.05) is 55.5 Å². The van der Waals surface area contributed by atoms with Crippen molar-refractivity contribution in [3.63, 3.8) is 0 Å². The van der Waals surface area contributed by atoms with Crippen LogP contribution in [0, 0.1) is 18.3 Å². The van der Waals surface area contributed by atoms with Crippen LogP contribution in [-0.2, 0) is 0 Å². The number of anilines is 1. The van der Waals surface area contributed by atoms with Crippen molar-refractivity contribution in [3.8, 4) is 40.0 Å². The third kappa shape index (κ3) is 2.93. The van der Waals surface area contributed by atoms with Crippen LogP contribution in [0.15, 0.2) is 48.5 Å². The van der Waals surface area contributed by atoms with Crippen molar-refractivity contribution >= 4 is 5.82 Å². The van der Waals surface area contributed by atoms with Crippen molar-refractivity contribution in [2.45, 2.75) is 6.92 Å². The number of pyridine rings is 1. The molecular formula is C21H19N3O2. The number of nitrogens with two attached hydrogens (primary N) is 1. The minimum absolute atomic E-state index is 0.199. The number of hydrogen-bond donors (Lipinski definition) is 1. The van der Waals surface area contributed by atoms with Crippen LogP contribution < -0.4 is 15.2 Å². The van der Waals surface area contributed by atoms with Gasteiger partial charge in [0, 0.05) is 16.7 Å². The second-order valence-electron chi connectivity index (χ2n) is 5.76. The molecule has 0 amide bonds. The van der Waals surface area contributed by atoms with Gasteiger partial charge in [0.25, 0.3) is 0 Å². The molecule has 1 aromatic heterocycles. The predicted molar refractivity (Wildman–Crippen MR) is 102 cm³/mol. The second-order valence-corrected chi connectivity index (χ2v) is 5.76. The molecule has 0 saturated carbocycles. The number of nitrogens with zero attached hydrogens (tertiary/aromatic N) is 2. The van der Waals surface area contributed by atoms with Crippen LogP contribution in [0.5, 0.6) is 11.5 Å². The van der Waals surface area contributed by atoms with Crippen molar-refractivity contribution in [1.82, 2.24) is 4.98 Å². The number of methoxy groups -OCH3 is 2. The molecule has 0 atom stereocenters. The number of aromatic nitrogens is 1. The average molecular weight is 345 g/mol. The van der Waals surface area contributed by atoms with Gasteiger partial charge in [0.1, 0.15) is 28.9 Å². The fourth-order valence-corrected chi connectivity index (χ4v) is 3.03. The average Bonchev–Trinajstić information content (AvgIpc) is 2.69. The van der Waals surface area contributed by atoms with Crippen LogP contribution in [0.2, 0.25) is 0 Å². The Labute approximate surface area is 152 Å². The van der Waals surface area contributed by atoms with Gasteiger partial charge in [-0.2, -0.15) is 5.26 Å². The monoisotopic (exact) mass is 345 g/mol. The Balaban J connectivity index is 2.30.